The van der Waals surface area contributed by atoms with Gasteiger partial charge in [-0.25, -0.2) is 0 Å². The van der Waals surface area contributed by atoms with Gasteiger partial charge in [-0.15, -0.1) is 0 Å². The van der Waals surface area contributed by atoms with Crippen molar-refractivity contribution in [3.8, 4) is 5.75 Å². The molecule has 0 spiro atoms. The second-order valence-corrected chi connectivity index (χ2v) is 4.92. The Bertz CT molecular complexity index is 455. The molecule has 1 atom stereocenters. The molecule has 0 radical (unpaired) electrons. The summed E-state index contributed by atoms with van der Waals surface area (Å²) in [6.07, 6.45) is -0.393. The molecule has 112 valence electrons. The van der Waals surface area contributed by atoms with Crippen molar-refractivity contribution < 1.29 is 14.2 Å². The highest BCUT2D eigenvalue weighted by molar-refractivity contribution is 7.80. The summed E-state index contributed by atoms with van der Waals surface area (Å²) in [6.45, 7) is 1.90. The molecule has 0 aliphatic rings. The van der Waals surface area contributed by atoms with Crippen molar-refractivity contribution in [2.45, 2.75) is 19.3 Å². The molecule has 1 unspecified atom stereocenters. The molecular weight excluding hydrogens is 300 g/mol. The molecule has 0 bridgehead atoms. The highest BCUT2D eigenvalue weighted by Gasteiger charge is 2.17. The van der Waals surface area contributed by atoms with E-state index in [1.54, 1.807) is 39.5 Å². The van der Waals surface area contributed by atoms with Crippen LogP contribution in [0.5, 0.6) is 5.75 Å². The van der Waals surface area contributed by atoms with Gasteiger partial charge in [0.05, 0.1) is 18.8 Å². The summed E-state index contributed by atoms with van der Waals surface area (Å²) in [5, 5.41) is 7.13. The number of methoxy groups -OCH3 is 3. The topological polar surface area (TPSA) is 51.8 Å². The minimum Gasteiger partial charge on any atom is -0.495 e. The number of anilines is 1. The highest BCUT2D eigenvalue weighted by atomic mass is 35.5. The quantitative estimate of drug-likeness (QED) is 0.621. The molecule has 7 heteroatoms. The summed E-state index contributed by atoms with van der Waals surface area (Å²) in [4.78, 5) is 0. The Morgan fingerprint density at radius 2 is 1.90 bits per heavy atom. The van der Waals surface area contributed by atoms with Crippen molar-refractivity contribution in [1.82, 2.24) is 5.32 Å². The van der Waals surface area contributed by atoms with Crippen LogP contribution in [0, 0.1) is 0 Å². The van der Waals surface area contributed by atoms with Gasteiger partial charge in [0.25, 0.3) is 0 Å². The first-order chi connectivity index (χ1) is 9.51. The number of ether oxygens (including phenoxy) is 3. The lowest BCUT2D eigenvalue weighted by molar-refractivity contribution is -0.116. The lowest BCUT2D eigenvalue weighted by Crippen LogP contribution is -2.44. The first kappa shape index (κ1) is 17.0. The Morgan fingerprint density at radius 3 is 2.45 bits per heavy atom. The number of nitrogens with one attached hydrogen (secondary N) is 2. The minimum absolute atomic E-state index is 0.116. The fourth-order valence-electron chi connectivity index (χ4n) is 1.72. The fourth-order valence-corrected chi connectivity index (χ4v) is 2.18. The zero-order valence-electron chi connectivity index (χ0n) is 11.9. The van der Waals surface area contributed by atoms with E-state index in [1.165, 1.54) is 0 Å². The average molecular weight is 319 g/mol. The summed E-state index contributed by atoms with van der Waals surface area (Å²) in [7, 11) is 4.73. The molecule has 0 amide bonds. The Hall–Kier alpha value is -1.08. The van der Waals surface area contributed by atoms with E-state index in [4.69, 9.17) is 38.0 Å². The zero-order chi connectivity index (χ0) is 15.1. The predicted molar refractivity (Wildman–Crippen MR) is 84.6 cm³/mol. The maximum Gasteiger partial charge on any atom is 0.176 e. The van der Waals surface area contributed by atoms with Gasteiger partial charge in [0.15, 0.2) is 11.4 Å². The molecular formula is C13H19ClN2O3S. The monoisotopic (exact) mass is 318 g/mol. The second kappa shape index (κ2) is 8.26. The van der Waals surface area contributed by atoms with Gasteiger partial charge in [0, 0.05) is 19.2 Å². The fraction of sp³-hybridized carbons (Fsp3) is 0.462. The summed E-state index contributed by atoms with van der Waals surface area (Å²) < 4.78 is 15.6. The van der Waals surface area contributed by atoms with Gasteiger partial charge in [-0.1, -0.05) is 11.6 Å². The molecule has 0 saturated carbocycles. The molecule has 5 nitrogen and oxygen atoms in total. The smallest absolute Gasteiger partial charge is 0.176 e. The first-order valence-electron chi connectivity index (χ1n) is 5.98. The SMILES string of the molecule is COc1ccc(Cl)cc1NC(=S)NC(C)C(OC)OC. The lowest BCUT2D eigenvalue weighted by atomic mass is 10.3. The second-order valence-electron chi connectivity index (χ2n) is 4.07. The largest absolute Gasteiger partial charge is 0.495 e. The van der Waals surface area contributed by atoms with Crippen LogP contribution in [0.25, 0.3) is 0 Å². The van der Waals surface area contributed by atoms with Crippen LogP contribution >= 0.6 is 23.8 Å². The predicted octanol–water partition coefficient (Wildman–Crippen LogP) is 2.64. The van der Waals surface area contributed by atoms with E-state index in [2.05, 4.69) is 10.6 Å². The van der Waals surface area contributed by atoms with Crippen LogP contribution in [0.1, 0.15) is 6.92 Å². The van der Waals surface area contributed by atoms with E-state index in [-0.39, 0.29) is 6.04 Å². The maximum absolute atomic E-state index is 5.96. The molecule has 1 aromatic rings. The molecule has 0 heterocycles. The molecule has 0 aromatic heterocycles. The molecule has 0 saturated heterocycles. The number of benzene rings is 1. The average Bonchev–Trinajstić information content (AvgIpc) is 2.40. The zero-order valence-corrected chi connectivity index (χ0v) is 13.5. The molecule has 2 N–H and O–H groups in total. The third kappa shape index (κ3) is 4.79. The van der Waals surface area contributed by atoms with Gasteiger partial charge in [0.2, 0.25) is 0 Å². The van der Waals surface area contributed by atoms with Crippen molar-refractivity contribution in [2.75, 3.05) is 26.6 Å². The van der Waals surface area contributed by atoms with Crippen LogP contribution in [0.2, 0.25) is 5.02 Å². The lowest BCUT2D eigenvalue weighted by Gasteiger charge is -2.24. The Labute approximate surface area is 129 Å². The van der Waals surface area contributed by atoms with E-state index < -0.39 is 6.29 Å². The third-order valence-electron chi connectivity index (χ3n) is 2.64. The summed E-state index contributed by atoms with van der Waals surface area (Å²) in [5.41, 5.74) is 0.691. The molecule has 1 aromatic carbocycles. The van der Waals surface area contributed by atoms with E-state index >= 15 is 0 Å². The standard InChI is InChI=1S/C13H19ClN2O3S/c1-8(12(18-3)19-4)15-13(20)16-10-7-9(14)5-6-11(10)17-2/h5-8,12H,1-4H3,(H2,15,16,20). The van der Waals surface area contributed by atoms with Gasteiger partial charge < -0.3 is 24.8 Å². The molecule has 20 heavy (non-hydrogen) atoms. The van der Waals surface area contributed by atoms with Gasteiger partial charge in [-0.05, 0) is 37.3 Å². The normalized spacial score (nSPS) is 12.1. The van der Waals surface area contributed by atoms with Crippen molar-refractivity contribution in [3.63, 3.8) is 0 Å². The van der Waals surface area contributed by atoms with Crippen molar-refractivity contribution in [1.29, 1.82) is 0 Å². The van der Waals surface area contributed by atoms with Crippen LogP contribution in [0.15, 0.2) is 18.2 Å². The molecule has 0 aliphatic carbocycles. The molecule has 0 aliphatic heterocycles. The Balaban J connectivity index is 2.69. The Morgan fingerprint density at radius 1 is 1.25 bits per heavy atom. The van der Waals surface area contributed by atoms with Gasteiger partial charge in [-0.2, -0.15) is 0 Å². The van der Waals surface area contributed by atoms with Crippen molar-refractivity contribution in [3.05, 3.63) is 23.2 Å². The van der Waals surface area contributed by atoms with E-state index in [0.29, 0.717) is 21.6 Å². The van der Waals surface area contributed by atoms with Gasteiger partial charge in [-0.3, -0.25) is 0 Å². The Kier molecular flexibility index (Phi) is 7.01. The summed E-state index contributed by atoms with van der Waals surface area (Å²) >= 11 is 11.2. The first-order valence-corrected chi connectivity index (χ1v) is 6.77. The number of rotatable bonds is 6. The van der Waals surface area contributed by atoms with E-state index in [1.807, 2.05) is 6.92 Å². The number of halogens is 1. The van der Waals surface area contributed by atoms with Crippen LogP contribution in [-0.2, 0) is 9.47 Å². The maximum atomic E-state index is 5.96. The minimum atomic E-state index is -0.393. The third-order valence-corrected chi connectivity index (χ3v) is 3.10. The summed E-state index contributed by atoms with van der Waals surface area (Å²) in [6, 6.07) is 5.14. The highest BCUT2D eigenvalue weighted by Crippen LogP contribution is 2.27. The van der Waals surface area contributed by atoms with Crippen LogP contribution in [0.4, 0.5) is 5.69 Å². The van der Waals surface area contributed by atoms with Crippen molar-refractivity contribution in [2.24, 2.45) is 0 Å². The van der Waals surface area contributed by atoms with Gasteiger partial charge >= 0.3 is 0 Å². The van der Waals surface area contributed by atoms with Crippen LogP contribution < -0.4 is 15.4 Å². The van der Waals surface area contributed by atoms with E-state index in [0.717, 1.165) is 0 Å². The number of thiocarbonyl (C=S) groups is 1. The van der Waals surface area contributed by atoms with Crippen molar-refractivity contribution >= 4 is 34.6 Å². The van der Waals surface area contributed by atoms with Gasteiger partial charge in [0.1, 0.15) is 5.75 Å². The summed E-state index contributed by atoms with van der Waals surface area (Å²) in [5.74, 6) is 0.654. The molecule has 0 fully saturated rings. The van der Waals surface area contributed by atoms with Crippen LogP contribution in [-0.4, -0.2) is 38.8 Å². The number of hydrogen-bond donors (Lipinski definition) is 2. The van der Waals surface area contributed by atoms with E-state index in [9.17, 15) is 0 Å². The molecule has 1 rings (SSSR count). The van der Waals surface area contributed by atoms with Crippen LogP contribution in [0.3, 0.4) is 0 Å². The number of hydrogen-bond acceptors (Lipinski definition) is 4.